The van der Waals surface area contributed by atoms with Gasteiger partial charge in [-0.1, -0.05) is 15.9 Å². The molecular formula is C9H12Br2N2O4S2. The molecule has 3 N–H and O–H groups in total. The SMILES string of the molecule is Cc1cc(Br)c(S(=O)(=O)NCCS(N)(=O)=O)cc1Br. The van der Waals surface area contributed by atoms with Gasteiger partial charge >= 0.3 is 0 Å². The van der Waals surface area contributed by atoms with Crippen LogP contribution in [0, 0.1) is 6.92 Å². The lowest BCUT2D eigenvalue weighted by atomic mass is 10.2. The highest BCUT2D eigenvalue weighted by Gasteiger charge is 2.19. The van der Waals surface area contributed by atoms with E-state index in [9.17, 15) is 16.8 Å². The lowest BCUT2D eigenvalue weighted by Gasteiger charge is -2.10. The minimum Gasteiger partial charge on any atom is -0.229 e. The Labute approximate surface area is 129 Å². The molecule has 0 aliphatic carbocycles. The van der Waals surface area contributed by atoms with Crippen molar-refractivity contribution in [1.82, 2.24) is 4.72 Å². The molecule has 0 bridgehead atoms. The molecular weight excluding hydrogens is 424 g/mol. The van der Waals surface area contributed by atoms with E-state index < -0.39 is 25.8 Å². The summed E-state index contributed by atoms with van der Waals surface area (Å²) in [5, 5.41) is 4.80. The molecule has 0 saturated carbocycles. The molecule has 0 radical (unpaired) electrons. The van der Waals surface area contributed by atoms with Crippen molar-refractivity contribution in [3.8, 4) is 0 Å². The van der Waals surface area contributed by atoms with E-state index in [1.54, 1.807) is 6.07 Å². The summed E-state index contributed by atoms with van der Waals surface area (Å²) >= 11 is 6.41. The van der Waals surface area contributed by atoms with Crippen molar-refractivity contribution in [1.29, 1.82) is 0 Å². The molecule has 1 rings (SSSR count). The Hall–Kier alpha value is -0.000000000000000167. The molecule has 0 aliphatic rings. The maximum Gasteiger partial charge on any atom is 0.241 e. The summed E-state index contributed by atoms with van der Waals surface area (Å²) in [5.41, 5.74) is 0.871. The van der Waals surface area contributed by atoms with E-state index in [0.717, 1.165) is 5.56 Å². The number of nitrogens with one attached hydrogen (secondary N) is 1. The van der Waals surface area contributed by atoms with Crippen molar-refractivity contribution in [3.63, 3.8) is 0 Å². The molecule has 1 aromatic carbocycles. The lowest BCUT2D eigenvalue weighted by molar-refractivity contribution is 0.581. The van der Waals surface area contributed by atoms with Gasteiger partial charge in [0, 0.05) is 15.5 Å². The van der Waals surface area contributed by atoms with Crippen molar-refractivity contribution >= 4 is 51.9 Å². The van der Waals surface area contributed by atoms with Crippen LogP contribution in [0.4, 0.5) is 0 Å². The molecule has 108 valence electrons. The van der Waals surface area contributed by atoms with Crippen LogP contribution in [0.15, 0.2) is 26.0 Å². The summed E-state index contributed by atoms with van der Waals surface area (Å²) in [6.45, 7) is 1.54. The molecule has 0 heterocycles. The highest BCUT2D eigenvalue weighted by atomic mass is 79.9. The van der Waals surface area contributed by atoms with Crippen LogP contribution in [0.3, 0.4) is 0 Å². The number of primary sulfonamides is 1. The molecule has 0 amide bonds. The first-order valence-electron chi connectivity index (χ1n) is 4.99. The summed E-state index contributed by atoms with van der Waals surface area (Å²) in [6, 6.07) is 3.09. The average molecular weight is 436 g/mol. The summed E-state index contributed by atoms with van der Waals surface area (Å²) in [4.78, 5) is 0.0272. The van der Waals surface area contributed by atoms with Gasteiger partial charge in [0.15, 0.2) is 0 Å². The number of halogens is 2. The van der Waals surface area contributed by atoms with Gasteiger partial charge in [-0.25, -0.2) is 26.7 Å². The minimum absolute atomic E-state index is 0.0272. The molecule has 0 saturated heterocycles. The van der Waals surface area contributed by atoms with Crippen molar-refractivity contribution in [2.45, 2.75) is 11.8 Å². The maximum atomic E-state index is 12.0. The first kappa shape index (κ1) is 17.1. The molecule has 10 heteroatoms. The summed E-state index contributed by atoms with van der Waals surface area (Å²) < 4.78 is 48.7. The number of hydrogen-bond donors (Lipinski definition) is 2. The van der Waals surface area contributed by atoms with Gasteiger partial charge < -0.3 is 0 Å². The Morgan fingerprint density at radius 2 is 1.74 bits per heavy atom. The van der Waals surface area contributed by atoms with E-state index in [1.807, 2.05) is 6.92 Å². The highest BCUT2D eigenvalue weighted by molar-refractivity contribution is 9.11. The summed E-state index contributed by atoms with van der Waals surface area (Å²) in [5.74, 6) is -0.461. The third-order valence-corrected chi connectivity index (χ3v) is 6.23. The predicted octanol–water partition coefficient (Wildman–Crippen LogP) is 1.09. The Bertz CT molecular complexity index is 686. The number of aryl methyl sites for hydroxylation is 1. The van der Waals surface area contributed by atoms with Crippen LogP contribution in [0.2, 0.25) is 0 Å². The number of sulfonamides is 2. The van der Waals surface area contributed by atoms with Crippen LogP contribution >= 0.6 is 31.9 Å². The minimum atomic E-state index is -3.80. The van der Waals surface area contributed by atoms with Crippen LogP contribution in [-0.4, -0.2) is 29.1 Å². The molecule has 0 atom stereocenters. The van der Waals surface area contributed by atoms with Crippen molar-refractivity contribution in [3.05, 3.63) is 26.6 Å². The zero-order valence-corrected chi connectivity index (χ0v) is 14.7. The average Bonchev–Trinajstić information content (AvgIpc) is 2.20. The Morgan fingerprint density at radius 1 is 1.16 bits per heavy atom. The quantitative estimate of drug-likeness (QED) is 0.721. The van der Waals surface area contributed by atoms with Crippen LogP contribution in [0.25, 0.3) is 0 Å². The predicted molar refractivity (Wildman–Crippen MR) is 79.7 cm³/mol. The van der Waals surface area contributed by atoms with Gasteiger partial charge in [-0.2, -0.15) is 0 Å². The molecule has 0 fully saturated rings. The molecule has 6 nitrogen and oxygen atoms in total. The Morgan fingerprint density at radius 3 is 2.26 bits per heavy atom. The third-order valence-electron chi connectivity index (χ3n) is 2.18. The summed E-state index contributed by atoms with van der Waals surface area (Å²) in [7, 11) is -7.50. The number of rotatable bonds is 5. The zero-order chi connectivity index (χ0) is 14.8. The Kier molecular flexibility index (Phi) is 5.55. The highest BCUT2D eigenvalue weighted by Crippen LogP contribution is 2.28. The largest absolute Gasteiger partial charge is 0.241 e. The second-order valence-corrected chi connectivity index (χ2v) is 8.97. The maximum absolute atomic E-state index is 12.0. The van der Waals surface area contributed by atoms with Crippen LogP contribution in [0.5, 0.6) is 0 Å². The fourth-order valence-electron chi connectivity index (χ4n) is 1.23. The second kappa shape index (κ2) is 6.19. The topological polar surface area (TPSA) is 106 Å². The first-order chi connectivity index (χ1) is 8.53. The fourth-order valence-corrected chi connectivity index (χ4v) is 4.45. The molecule has 0 unspecified atom stereocenters. The van der Waals surface area contributed by atoms with Gasteiger partial charge in [0.1, 0.15) is 0 Å². The van der Waals surface area contributed by atoms with Crippen molar-refractivity contribution in [2.24, 2.45) is 5.14 Å². The van der Waals surface area contributed by atoms with Gasteiger partial charge in [0.05, 0.1) is 10.6 Å². The van der Waals surface area contributed by atoms with Crippen molar-refractivity contribution < 1.29 is 16.8 Å². The third kappa shape index (κ3) is 5.12. The molecule has 1 aromatic rings. The van der Waals surface area contributed by atoms with Crippen LogP contribution in [-0.2, 0) is 20.0 Å². The normalized spacial score (nSPS) is 12.6. The van der Waals surface area contributed by atoms with E-state index in [1.165, 1.54) is 6.07 Å². The monoisotopic (exact) mass is 434 g/mol. The summed E-state index contributed by atoms with van der Waals surface area (Å²) in [6.07, 6.45) is 0. The second-order valence-electron chi connectivity index (χ2n) is 3.80. The zero-order valence-electron chi connectivity index (χ0n) is 9.85. The number of benzene rings is 1. The Balaban J connectivity index is 2.98. The molecule has 19 heavy (non-hydrogen) atoms. The standard InChI is InChI=1S/C9H12Br2N2O4S2/c1-6-4-8(11)9(5-7(6)10)19(16,17)13-2-3-18(12,14)15/h4-5,13H,2-3H2,1H3,(H2,12,14,15). The van der Waals surface area contributed by atoms with Gasteiger partial charge in [-0.15, -0.1) is 0 Å². The molecule has 0 aromatic heterocycles. The number of nitrogens with two attached hydrogens (primary N) is 1. The van der Waals surface area contributed by atoms with Gasteiger partial charge in [0.2, 0.25) is 20.0 Å². The smallest absolute Gasteiger partial charge is 0.229 e. The lowest BCUT2D eigenvalue weighted by Crippen LogP contribution is -2.31. The van der Waals surface area contributed by atoms with Crippen molar-refractivity contribution in [2.75, 3.05) is 12.3 Å². The fraction of sp³-hybridized carbons (Fsp3) is 0.333. The van der Waals surface area contributed by atoms with E-state index >= 15 is 0 Å². The van der Waals surface area contributed by atoms with E-state index in [0.29, 0.717) is 8.95 Å². The number of hydrogen-bond acceptors (Lipinski definition) is 4. The van der Waals surface area contributed by atoms with Gasteiger partial charge in [-0.05, 0) is 40.5 Å². The molecule has 0 aliphatic heterocycles. The van der Waals surface area contributed by atoms with E-state index in [4.69, 9.17) is 5.14 Å². The molecule has 0 spiro atoms. The van der Waals surface area contributed by atoms with Crippen LogP contribution < -0.4 is 9.86 Å². The first-order valence-corrected chi connectivity index (χ1v) is 9.77. The van der Waals surface area contributed by atoms with Crippen LogP contribution in [0.1, 0.15) is 5.56 Å². The van der Waals surface area contributed by atoms with E-state index in [-0.39, 0.29) is 11.4 Å². The van der Waals surface area contributed by atoms with Gasteiger partial charge in [0.25, 0.3) is 0 Å². The van der Waals surface area contributed by atoms with E-state index in [2.05, 4.69) is 36.6 Å². The van der Waals surface area contributed by atoms with Gasteiger partial charge in [-0.3, -0.25) is 0 Å².